The number of hydrogen-bond donors (Lipinski definition) is 0. The summed E-state index contributed by atoms with van der Waals surface area (Å²) in [4.78, 5) is 12.6. The number of anilines is 2. The van der Waals surface area contributed by atoms with Crippen molar-refractivity contribution in [2.45, 2.75) is 12.3 Å². The number of nitro benzene ring substituents is 1. The number of nitro groups is 1. The van der Waals surface area contributed by atoms with Crippen LogP contribution in [0, 0.1) is 17.0 Å². The minimum Gasteiger partial charge on any atom is -0.344 e. The SMILES string of the molecule is Cc1ccccc1N(C)c1ccc([N+](=O)[O-])c(CBr)c1. The maximum absolute atomic E-state index is 11.0. The maximum atomic E-state index is 11.0. The van der Waals surface area contributed by atoms with Crippen LogP contribution in [0.4, 0.5) is 17.1 Å². The van der Waals surface area contributed by atoms with Gasteiger partial charge in [-0.15, -0.1) is 0 Å². The van der Waals surface area contributed by atoms with Crippen LogP contribution < -0.4 is 4.90 Å². The molecule has 0 saturated heterocycles. The molecule has 20 heavy (non-hydrogen) atoms. The fourth-order valence-electron chi connectivity index (χ4n) is 2.14. The Labute approximate surface area is 126 Å². The van der Waals surface area contributed by atoms with Crippen LogP contribution in [0.15, 0.2) is 42.5 Å². The largest absolute Gasteiger partial charge is 0.344 e. The van der Waals surface area contributed by atoms with E-state index in [1.807, 2.05) is 49.2 Å². The van der Waals surface area contributed by atoms with Crippen molar-refractivity contribution in [3.05, 3.63) is 63.7 Å². The lowest BCUT2D eigenvalue weighted by Crippen LogP contribution is -2.11. The number of hydrogen-bond acceptors (Lipinski definition) is 3. The van der Waals surface area contributed by atoms with Crippen LogP contribution in [-0.4, -0.2) is 12.0 Å². The fraction of sp³-hybridized carbons (Fsp3) is 0.200. The van der Waals surface area contributed by atoms with Crippen molar-refractivity contribution in [3.63, 3.8) is 0 Å². The average Bonchev–Trinajstić information content (AvgIpc) is 2.46. The van der Waals surface area contributed by atoms with E-state index in [2.05, 4.69) is 15.9 Å². The molecule has 2 aromatic rings. The van der Waals surface area contributed by atoms with Gasteiger partial charge in [0.2, 0.25) is 0 Å². The number of rotatable bonds is 4. The molecule has 0 radical (unpaired) electrons. The first kappa shape index (κ1) is 14.5. The summed E-state index contributed by atoms with van der Waals surface area (Å²) in [7, 11) is 1.96. The second-order valence-electron chi connectivity index (χ2n) is 4.55. The molecule has 0 bridgehead atoms. The molecule has 2 rings (SSSR count). The summed E-state index contributed by atoms with van der Waals surface area (Å²) >= 11 is 3.31. The molecule has 4 nitrogen and oxygen atoms in total. The standard InChI is InChI=1S/C15H15BrN2O2/c1-11-5-3-4-6-14(11)17(2)13-7-8-15(18(19)20)12(9-13)10-16/h3-9H,10H2,1-2H3. The van der Waals surface area contributed by atoms with E-state index in [-0.39, 0.29) is 10.6 Å². The van der Waals surface area contributed by atoms with Crippen LogP contribution in [0.5, 0.6) is 0 Å². The molecule has 0 aliphatic rings. The van der Waals surface area contributed by atoms with E-state index in [1.54, 1.807) is 12.1 Å². The van der Waals surface area contributed by atoms with E-state index in [0.717, 1.165) is 16.9 Å². The Morgan fingerprint density at radius 2 is 1.95 bits per heavy atom. The van der Waals surface area contributed by atoms with E-state index >= 15 is 0 Å². The zero-order valence-electron chi connectivity index (χ0n) is 11.3. The molecule has 0 spiro atoms. The summed E-state index contributed by atoms with van der Waals surface area (Å²) in [5, 5.41) is 11.4. The van der Waals surface area contributed by atoms with Gasteiger partial charge in [0, 0.05) is 35.4 Å². The molecule has 104 valence electrons. The molecule has 0 aliphatic carbocycles. The highest BCUT2D eigenvalue weighted by atomic mass is 79.9. The average molecular weight is 335 g/mol. The van der Waals surface area contributed by atoms with Crippen molar-refractivity contribution in [1.82, 2.24) is 0 Å². The Morgan fingerprint density at radius 3 is 2.55 bits per heavy atom. The molecule has 0 aromatic heterocycles. The first-order chi connectivity index (χ1) is 9.54. The van der Waals surface area contributed by atoms with Gasteiger partial charge in [-0.3, -0.25) is 10.1 Å². The van der Waals surface area contributed by atoms with Crippen LogP contribution in [0.25, 0.3) is 0 Å². The van der Waals surface area contributed by atoms with E-state index in [9.17, 15) is 10.1 Å². The van der Waals surface area contributed by atoms with Crippen LogP contribution in [0.1, 0.15) is 11.1 Å². The zero-order valence-corrected chi connectivity index (χ0v) is 12.9. The molecule has 0 aliphatic heterocycles. The maximum Gasteiger partial charge on any atom is 0.273 e. The van der Waals surface area contributed by atoms with E-state index in [0.29, 0.717) is 10.9 Å². The molecule has 0 N–H and O–H groups in total. The van der Waals surface area contributed by atoms with Gasteiger partial charge >= 0.3 is 0 Å². The van der Waals surface area contributed by atoms with Crippen LogP contribution >= 0.6 is 15.9 Å². The molecule has 5 heteroatoms. The highest BCUT2D eigenvalue weighted by Gasteiger charge is 2.15. The lowest BCUT2D eigenvalue weighted by Gasteiger charge is -2.22. The Hall–Kier alpha value is -1.88. The molecule has 0 atom stereocenters. The second-order valence-corrected chi connectivity index (χ2v) is 5.11. The second kappa shape index (κ2) is 6.05. The third-order valence-corrected chi connectivity index (χ3v) is 3.87. The monoisotopic (exact) mass is 334 g/mol. The number of benzene rings is 2. The van der Waals surface area contributed by atoms with Gasteiger partial charge < -0.3 is 4.90 Å². The number of para-hydroxylation sites is 1. The quantitative estimate of drug-likeness (QED) is 0.467. The minimum atomic E-state index is -0.353. The molecule has 0 fully saturated rings. The van der Waals surface area contributed by atoms with Crippen molar-refractivity contribution < 1.29 is 4.92 Å². The minimum absolute atomic E-state index is 0.142. The van der Waals surface area contributed by atoms with Gasteiger partial charge in [-0.1, -0.05) is 34.1 Å². The van der Waals surface area contributed by atoms with Gasteiger partial charge in [0.05, 0.1) is 4.92 Å². The highest BCUT2D eigenvalue weighted by Crippen LogP contribution is 2.31. The summed E-state index contributed by atoms with van der Waals surface area (Å²) in [6.45, 7) is 2.04. The topological polar surface area (TPSA) is 46.4 Å². The normalized spacial score (nSPS) is 10.3. The van der Waals surface area contributed by atoms with E-state index in [4.69, 9.17) is 0 Å². The van der Waals surface area contributed by atoms with E-state index < -0.39 is 0 Å². The van der Waals surface area contributed by atoms with Gasteiger partial charge in [0.25, 0.3) is 5.69 Å². The predicted octanol–water partition coefficient (Wildman–Crippen LogP) is 4.57. The van der Waals surface area contributed by atoms with Crippen LogP contribution in [-0.2, 0) is 5.33 Å². The Kier molecular flexibility index (Phi) is 4.39. The number of alkyl halides is 1. The zero-order chi connectivity index (χ0) is 14.7. The first-order valence-electron chi connectivity index (χ1n) is 6.17. The summed E-state index contributed by atoms with van der Waals surface area (Å²) in [5.74, 6) is 0. The smallest absolute Gasteiger partial charge is 0.273 e. The third-order valence-electron chi connectivity index (χ3n) is 3.27. The summed E-state index contributed by atoms with van der Waals surface area (Å²) in [6.07, 6.45) is 0. The van der Waals surface area contributed by atoms with Crippen molar-refractivity contribution >= 4 is 33.0 Å². The lowest BCUT2D eigenvalue weighted by atomic mass is 10.1. The fourth-order valence-corrected chi connectivity index (χ4v) is 2.59. The molecule has 0 saturated carbocycles. The van der Waals surface area contributed by atoms with Crippen LogP contribution in [0.3, 0.4) is 0 Å². The number of halogens is 1. The van der Waals surface area contributed by atoms with Gasteiger partial charge in [-0.2, -0.15) is 0 Å². The predicted molar refractivity (Wildman–Crippen MR) is 85.0 cm³/mol. The lowest BCUT2D eigenvalue weighted by molar-refractivity contribution is -0.385. The molecule has 0 heterocycles. The summed E-state index contributed by atoms with van der Waals surface area (Å²) in [6, 6.07) is 13.2. The van der Waals surface area contributed by atoms with Crippen molar-refractivity contribution in [3.8, 4) is 0 Å². The molecule has 0 unspecified atom stereocenters. The van der Waals surface area contributed by atoms with Gasteiger partial charge in [-0.25, -0.2) is 0 Å². The molecular formula is C15H15BrN2O2. The first-order valence-corrected chi connectivity index (χ1v) is 7.29. The number of aryl methyl sites for hydroxylation is 1. The van der Waals surface area contributed by atoms with Crippen molar-refractivity contribution in [2.24, 2.45) is 0 Å². The van der Waals surface area contributed by atoms with Crippen molar-refractivity contribution in [1.29, 1.82) is 0 Å². The highest BCUT2D eigenvalue weighted by molar-refractivity contribution is 9.08. The van der Waals surface area contributed by atoms with Crippen molar-refractivity contribution in [2.75, 3.05) is 11.9 Å². The molecule has 2 aromatic carbocycles. The van der Waals surface area contributed by atoms with Gasteiger partial charge in [0.1, 0.15) is 0 Å². The third kappa shape index (κ3) is 2.82. The van der Waals surface area contributed by atoms with Gasteiger partial charge in [-0.05, 0) is 30.7 Å². The Bertz CT molecular complexity index is 644. The molecule has 0 amide bonds. The van der Waals surface area contributed by atoms with Crippen LogP contribution in [0.2, 0.25) is 0 Å². The van der Waals surface area contributed by atoms with E-state index in [1.165, 1.54) is 0 Å². The Morgan fingerprint density at radius 1 is 1.25 bits per heavy atom. The number of nitrogens with zero attached hydrogens (tertiary/aromatic N) is 2. The summed E-state index contributed by atoms with van der Waals surface area (Å²) < 4.78 is 0. The Balaban J connectivity index is 2.43. The summed E-state index contributed by atoms with van der Waals surface area (Å²) in [5.41, 5.74) is 3.99. The molecular weight excluding hydrogens is 320 g/mol. The van der Waals surface area contributed by atoms with Gasteiger partial charge in [0.15, 0.2) is 0 Å².